The minimum Gasteiger partial charge on any atom is -0.478 e. The lowest BCUT2D eigenvalue weighted by Gasteiger charge is -2.07. The van der Waals surface area contributed by atoms with Crippen molar-refractivity contribution in [2.45, 2.75) is 20.0 Å². The first-order valence-electron chi connectivity index (χ1n) is 4.61. The Morgan fingerprint density at radius 1 is 1.53 bits per heavy atom. The van der Waals surface area contributed by atoms with Gasteiger partial charge in [-0.15, -0.1) is 0 Å². The summed E-state index contributed by atoms with van der Waals surface area (Å²) in [6.07, 6.45) is 4.20. The summed E-state index contributed by atoms with van der Waals surface area (Å²) in [5.74, 6) is -0.435. The molecule has 80 valence electrons. The van der Waals surface area contributed by atoms with E-state index in [1.165, 1.54) is 6.08 Å². The lowest BCUT2D eigenvalue weighted by molar-refractivity contribution is -0.131. The van der Waals surface area contributed by atoms with E-state index in [0.29, 0.717) is 5.88 Å². The Labute approximate surface area is 88.2 Å². The van der Waals surface area contributed by atoms with Crippen molar-refractivity contribution in [2.24, 2.45) is 0 Å². The number of carboxylic acid groups (broad SMARTS) is 1. The average molecular weight is 207 g/mol. The highest BCUT2D eigenvalue weighted by molar-refractivity contribution is 5.85. The van der Waals surface area contributed by atoms with E-state index in [1.54, 1.807) is 18.3 Å². The molecule has 1 rings (SSSR count). The minimum absolute atomic E-state index is 0.0814. The molecule has 0 aromatic carbocycles. The van der Waals surface area contributed by atoms with Crippen LogP contribution < -0.4 is 4.74 Å². The van der Waals surface area contributed by atoms with E-state index in [9.17, 15) is 4.79 Å². The molecule has 1 N–H and O–H groups in total. The highest BCUT2D eigenvalue weighted by Crippen LogP contribution is 2.10. The van der Waals surface area contributed by atoms with Gasteiger partial charge in [0.2, 0.25) is 5.88 Å². The summed E-state index contributed by atoms with van der Waals surface area (Å²) in [5.41, 5.74) is 0.730. The highest BCUT2D eigenvalue weighted by Gasteiger charge is 1.98. The second-order valence-electron chi connectivity index (χ2n) is 3.27. The molecule has 0 radical (unpaired) electrons. The minimum atomic E-state index is -0.975. The first-order valence-corrected chi connectivity index (χ1v) is 4.61. The fourth-order valence-electron chi connectivity index (χ4n) is 0.969. The van der Waals surface area contributed by atoms with Crippen LogP contribution in [0.3, 0.4) is 0 Å². The molecule has 0 fully saturated rings. The Morgan fingerprint density at radius 3 is 2.73 bits per heavy atom. The summed E-state index contributed by atoms with van der Waals surface area (Å²) < 4.78 is 5.34. The van der Waals surface area contributed by atoms with E-state index < -0.39 is 5.97 Å². The van der Waals surface area contributed by atoms with Crippen molar-refractivity contribution >= 4 is 12.0 Å². The van der Waals surface area contributed by atoms with Crippen LogP contribution in [-0.4, -0.2) is 22.2 Å². The summed E-state index contributed by atoms with van der Waals surface area (Å²) in [7, 11) is 0. The quantitative estimate of drug-likeness (QED) is 0.767. The number of ether oxygens (including phenoxy) is 1. The summed E-state index contributed by atoms with van der Waals surface area (Å²) in [6, 6.07) is 3.46. The predicted octanol–water partition coefficient (Wildman–Crippen LogP) is 1.97. The summed E-state index contributed by atoms with van der Waals surface area (Å²) in [5, 5.41) is 8.42. The maximum Gasteiger partial charge on any atom is 0.328 e. The topological polar surface area (TPSA) is 59.4 Å². The third-order valence-electron chi connectivity index (χ3n) is 1.53. The van der Waals surface area contributed by atoms with E-state index in [0.717, 1.165) is 11.6 Å². The SMILES string of the molecule is CC(C)Oc1ccc(C=CC(=O)O)cn1. The van der Waals surface area contributed by atoms with E-state index in [2.05, 4.69) is 4.98 Å². The first kappa shape index (κ1) is 11.2. The first-order chi connectivity index (χ1) is 7.08. The normalized spacial score (nSPS) is 10.9. The van der Waals surface area contributed by atoms with Gasteiger partial charge >= 0.3 is 5.97 Å². The molecule has 4 nitrogen and oxygen atoms in total. The zero-order valence-electron chi connectivity index (χ0n) is 8.68. The average Bonchev–Trinajstić information content (AvgIpc) is 2.16. The Balaban J connectivity index is 2.68. The van der Waals surface area contributed by atoms with Crippen LogP contribution in [-0.2, 0) is 4.79 Å². The molecule has 15 heavy (non-hydrogen) atoms. The maximum atomic E-state index is 10.3. The summed E-state index contributed by atoms with van der Waals surface area (Å²) in [6.45, 7) is 3.83. The second kappa shape index (κ2) is 5.14. The Morgan fingerprint density at radius 2 is 2.27 bits per heavy atom. The number of hydrogen-bond donors (Lipinski definition) is 1. The lowest BCUT2D eigenvalue weighted by atomic mass is 10.2. The van der Waals surface area contributed by atoms with Crippen LogP contribution in [0.1, 0.15) is 19.4 Å². The van der Waals surface area contributed by atoms with E-state index in [4.69, 9.17) is 9.84 Å². The number of rotatable bonds is 4. The maximum absolute atomic E-state index is 10.3. The van der Waals surface area contributed by atoms with Gasteiger partial charge in [-0.1, -0.05) is 0 Å². The Kier molecular flexibility index (Phi) is 3.85. The molecule has 1 aromatic rings. The summed E-state index contributed by atoms with van der Waals surface area (Å²) >= 11 is 0. The van der Waals surface area contributed by atoms with Crippen molar-refractivity contribution in [1.29, 1.82) is 0 Å². The van der Waals surface area contributed by atoms with E-state index in [-0.39, 0.29) is 6.10 Å². The number of aliphatic carboxylic acids is 1. The fraction of sp³-hybridized carbons (Fsp3) is 0.273. The van der Waals surface area contributed by atoms with Crippen molar-refractivity contribution in [3.05, 3.63) is 30.0 Å². The van der Waals surface area contributed by atoms with Crippen LogP contribution in [0.2, 0.25) is 0 Å². The van der Waals surface area contributed by atoms with Gasteiger partial charge in [-0.2, -0.15) is 0 Å². The molecule has 0 bridgehead atoms. The van der Waals surface area contributed by atoms with Gasteiger partial charge in [0.15, 0.2) is 0 Å². The standard InChI is InChI=1S/C11H13NO3/c1-8(2)15-10-5-3-9(7-12-10)4-6-11(13)14/h3-8H,1-2H3,(H,13,14). The van der Waals surface area contributed by atoms with E-state index in [1.807, 2.05) is 13.8 Å². The molecule has 0 atom stereocenters. The van der Waals surface area contributed by atoms with Crippen molar-refractivity contribution in [1.82, 2.24) is 4.98 Å². The molecule has 0 aliphatic heterocycles. The largest absolute Gasteiger partial charge is 0.478 e. The molecule has 0 unspecified atom stereocenters. The van der Waals surface area contributed by atoms with Crippen LogP contribution >= 0.6 is 0 Å². The van der Waals surface area contributed by atoms with Gasteiger partial charge in [-0.05, 0) is 31.6 Å². The van der Waals surface area contributed by atoms with Crippen LogP contribution in [0.15, 0.2) is 24.4 Å². The van der Waals surface area contributed by atoms with Crippen LogP contribution in [0.25, 0.3) is 6.08 Å². The molecule has 0 saturated carbocycles. The molecule has 0 saturated heterocycles. The summed E-state index contributed by atoms with van der Waals surface area (Å²) in [4.78, 5) is 14.3. The van der Waals surface area contributed by atoms with Crippen LogP contribution in [0.5, 0.6) is 5.88 Å². The molecule has 4 heteroatoms. The Hall–Kier alpha value is -1.84. The number of carboxylic acids is 1. The molecule has 1 heterocycles. The van der Waals surface area contributed by atoms with E-state index >= 15 is 0 Å². The molecular formula is C11H13NO3. The number of hydrogen-bond acceptors (Lipinski definition) is 3. The number of pyridine rings is 1. The lowest BCUT2D eigenvalue weighted by Crippen LogP contribution is -2.06. The Bertz CT molecular complexity index is 355. The van der Waals surface area contributed by atoms with Gasteiger partial charge in [0, 0.05) is 18.3 Å². The smallest absolute Gasteiger partial charge is 0.328 e. The monoisotopic (exact) mass is 207 g/mol. The fourth-order valence-corrected chi connectivity index (χ4v) is 0.969. The molecule has 0 aliphatic carbocycles. The highest BCUT2D eigenvalue weighted by atomic mass is 16.5. The molecular weight excluding hydrogens is 194 g/mol. The number of carbonyl (C=O) groups is 1. The second-order valence-corrected chi connectivity index (χ2v) is 3.27. The third-order valence-corrected chi connectivity index (χ3v) is 1.53. The van der Waals surface area contributed by atoms with Gasteiger partial charge in [-0.25, -0.2) is 9.78 Å². The predicted molar refractivity (Wildman–Crippen MR) is 56.7 cm³/mol. The van der Waals surface area contributed by atoms with Gasteiger partial charge in [-0.3, -0.25) is 0 Å². The van der Waals surface area contributed by atoms with Gasteiger partial charge < -0.3 is 9.84 Å². The van der Waals surface area contributed by atoms with Gasteiger partial charge in [0.05, 0.1) is 6.10 Å². The third kappa shape index (κ3) is 4.26. The van der Waals surface area contributed by atoms with Gasteiger partial charge in [0.1, 0.15) is 0 Å². The molecule has 0 spiro atoms. The van der Waals surface area contributed by atoms with Crippen molar-refractivity contribution in [2.75, 3.05) is 0 Å². The van der Waals surface area contributed by atoms with Crippen molar-refractivity contribution in [3.8, 4) is 5.88 Å². The van der Waals surface area contributed by atoms with Gasteiger partial charge in [0.25, 0.3) is 0 Å². The zero-order valence-corrected chi connectivity index (χ0v) is 8.68. The number of nitrogens with zero attached hydrogens (tertiary/aromatic N) is 1. The molecule has 0 amide bonds. The van der Waals surface area contributed by atoms with Crippen LogP contribution in [0.4, 0.5) is 0 Å². The van der Waals surface area contributed by atoms with Crippen molar-refractivity contribution < 1.29 is 14.6 Å². The molecule has 1 aromatic heterocycles. The van der Waals surface area contributed by atoms with Crippen LogP contribution in [0, 0.1) is 0 Å². The zero-order chi connectivity index (χ0) is 11.3. The molecule has 0 aliphatic rings. The number of aromatic nitrogens is 1. The van der Waals surface area contributed by atoms with Crippen molar-refractivity contribution in [3.63, 3.8) is 0 Å².